The van der Waals surface area contributed by atoms with Crippen LogP contribution in [-0.4, -0.2) is 19.6 Å². The van der Waals surface area contributed by atoms with Gasteiger partial charge in [-0.3, -0.25) is 4.79 Å². The summed E-state index contributed by atoms with van der Waals surface area (Å²) in [5.74, 6) is -0.00586. The Kier molecular flexibility index (Phi) is 3.95. The maximum atomic E-state index is 12.7. The van der Waals surface area contributed by atoms with Crippen molar-refractivity contribution in [3.8, 4) is 0 Å². The van der Waals surface area contributed by atoms with Gasteiger partial charge in [0.2, 0.25) is 0 Å². The molecule has 4 heteroatoms. The molecule has 1 heterocycles. The number of anilines is 1. The predicted octanol–water partition coefficient (Wildman–Crippen LogP) is 4.08. The molecule has 108 valence electrons. The maximum Gasteiger partial charge on any atom is 0.258 e. The van der Waals surface area contributed by atoms with Crippen LogP contribution in [0.3, 0.4) is 0 Å². The molecule has 0 N–H and O–H groups in total. The van der Waals surface area contributed by atoms with Crippen molar-refractivity contribution in [2.24, 2.45) is 0 Å². The van der Waals surface area contributed by atoms with Gasteiger partial charge in [0, 0.05) is 35.5 Å². The van der Waals surface area contributed by atoms with Gasteiger partial charge in [-0.25, -0.2) is 0 Å². The summed E-state index contributed by atoms with van der Waals surface area (Å²) < 4.78 is 5.51. The summed E-state index contributed by atoms with van der Waals surface area (Å²) >= 11 is 5.88. The van der Waals surface area contributed by atoms with Gasteiger partial charge in [0.1, 0.15) is 0 Å². The highest BCUT2D eigenvalue weighted by Gasteiger charge is 2.28. The van der Waals surface area contributed by atoms with Crippen molar-refractivity contribution >= 4 is 23.2 Å². The summed E-state index contributed by atoms with van der Waals surface area (Å²) in [6.07, 6.45) is 0.850. The Labute approximate surface area is 129 Å². The highest BCUT2D eigenvalue weighted by molar-refractivity contribution is 6.30. The number of methoxy groups -OCH3 is 1. The molecule has 1 aliphatic rings. The average Bonchev–Trinajstić information content (AvgIpc) is 2.54. The zero-order valence-electron chi connectivity index (χ0n) is 11.8. The van der Waals surface area contributed by atoms with E-state index in [-0.39, 0.29) is 12.0 Å². The first-order valence-corrected chi connectivity index (χ1v) is 7.27. The van der Waals surface area contributed by atoms with Gasteiger partial charge in [-0.1, -0.05) is 29.8 Å². The molecule has 2 aromatic rings. The smallest absolute Gasteiger partial charge is 0.258 e. The first kappa shape index (κ1) is 14.1. The van der Waals surface area contributed by atoms with E-state index in [1.807, 2.05) is 29.2 Å². The molecule has 2 aromatic carbocycles. The standard InChI is InChI=1S/C17H16ClNO2/c1-21-16-10-11-19(15-5-3-2-4-14(15)16)17(20)12-6-8-13(18)9-7-12/h2-9,16H,10-11H2,1H3. The topological polar surface area (TPSA) is 29.5 Å². The molecule has 0 saturated carbocycles. The quantitative estimate of drug-likeness (QED) is 0.836. The number of benzene rings is 2. The van der Waals surface area contributed by atoms with E-state index in [1.54, 1.807) is 31.4 Å². The second kappa shape index (κ2) is 5.88. The number of ether oxygens (including phenoxy) is 1. The van der Waals surface area contributed by atoms with Crippen LogP contribution in [-0.2, 0) is 4.74 Å². The molecular weight excluding hydrogens is 286 g/mol. The van der Waals surface area contributed by atoms with Gasteiger partial charge >= 0.3 is 0 Å². The van der Waals surface area contributed by atoms with Crippen molar-refractivity contribution in [1.82, 2.24) is 0 Å². The van der Waals surface area contributed by atoms with Gasteiger partial charge in [0.25, 0.3) is 5.91 Å². The summed E-state index contributed by atoms with van der Waals surface area (Å²) in [5.41, 5.74) is 2.63. The van der Waals surface area contributed by atoms with E-state index in [1.165, 1.54) is 0 Å². The summed E-state index contributed by atoms with van der Waals surface area (Å²) in [7, 11) is 1.71. The minimum atomic E-state index is -0.00586. The van der Waals surface area contributed by atoms with Gasteiger partial charge in [-0.15, -0.1) is 0 Å². The number of halogens is 1. The molecule has 3 rings (SSSR count). The molecule has 1 atom stereocenters. The minimum absolute atomic E-state index is 0.00586. The third-order valence-corrected chi connectivity index (χ3v) is 4.06. The molecule has 0 radical (unpaired) electrons. The van der Waals surface area contributed by atoms with E-state index in [9.17, 15) is 4.79 Å². The van der Waals surface area contributed by atoms with Crippen molar-refractivity contribution in [2.45, 2.75) is 12.5 Å². The van der Waals surface area contributed by atoms with E-state index in [4.69, 9.17) is 16.3 Å². The van der Waals surface area contributed by atoms with Crippen LogP contribution < -0.4 is 4.90 Å². The van der Waals surface area contributed by atoms with Crippen LogP contribution in [0, 0.1) is 0 Å². The number of carbonyl (C=O) groups is 1. The Bertz CT molecular complexity index is 654. The molecule has 21 heavy (non-hydrogen) atoms. The normalized spacial score (nSPS) is 17.4. The van der Waals surface area contributed by atoms with Crippen LogP contribution in [0.15, 0.2) is 48.5 Å². The monoisotopic (exact) mass is 301 g/mol. The fraction of sp³-hybridized carbons (Fsp3) is 0.235. The number of fused-ring (bicyclic) bond motifs is 1. The molecule has 0 aromatic heterocycles. The first-order valence-electron chi connectivity index (χ1n) is 6.90. The summed E-state index contributed by atoms with van der Waals surface area (Å²) in [5, 5.41) is 0.630. The Balaban J connectivity index is 1.96. The molecule has 1 aliphatic heterocycles. The Morgan fingerprint density at radius 2 is 1.90 bits per heavy atom. The third kappa shape index (κ3) is 2.67. The van der Waals surface area contributed by atoms with Crippen LogP contribution in [0.2, 0.25) is 5.02 Å². The fourth-order valence-corrected chi connectivity index (χ4v) is 2.86. The van der Waals surface area contributed by atoms with E-state index >= 15 is 0 Å². The average molecular weight is 302 g/mol. The molecule has 3 nitrogen and oxygen atoms in total. The van der Waals surface area contributed by atoms with Gasteiger partial charge in [0.05, 0.1) is 6.10 Å². The van der Waals surface area contributed by atoms with Crippen LogP contribution in [0.5, 0.6) is 0 Å². The number of para-hydroxylation sites is 1. The predicted molar refractivity (Wildman–Crippen MR) is 83.9 cm³/mol. The Morgan fingerprint density at radius 3 is 2.62 bits per heavy atom. The van der Waals surface area contributed by atoms with Gasteiger partial charge in [-0.2, -0.15) is 0 Å². The molecule has 0 aliphatic carbocycles. The molecule has 0 fully saturated rings. The van der Waals surface area contributed by atoms with Gasteiger partial charge in [0.15, 0.2) is 0 Å². The molecular formula is C17H16ClNO2. The zero-order valence-corrected chi connectivity index (χ0v) is 12.5. The van der Waals surface area contributed by atoms with Crippen molar-refractivity contribution < 1.29 is 9.53 Å². The van der Waals surface area contributed by atoms with E-state index in [0.29, 0.717) is 17.1 Å². The molecule has 0 saturated heterocycles. The second-order valence-corrected chi connectivity index (χ2v) is 5.47. The summed E-state index contributed by atoms with van der Waals surface area (Å²) in [6, 6.07) is 14.9. The zero-order chi connectivity index (χ0) is 14.8. The SMILES string of the molecule is COC1CCN(C(=O)c2ccc(Cl)cc2)c2ccccc21. The Morgan fingerprint density at radius 1 is 1.19 bits per heavy atom. The lowest BCUT2D eigenvalue weighted by Crippen LogP contribution is -2.37. The number of amides is 1. The number of hydrogen-bond acceptors (Lipinski definition) is 2. The van der Waals surface area contributed by atoms with Crippen LogP contribution in [0.4, 0.5) is 5.69 Å². The van der Waals surface area contributed by atoms with E-state index < -0.39 is 0 Å². The van der Waals surface area contributed by atoms with Crippen LogP contribution >= 0.6 is 11.6 Å². The molecule has 0 spiro atoms. The summed E-state index contributed by atoms with van der Waals surface area (Å²) in [4.78, 5) is 14.5. The molecule has 1 unspecified atom stereocenters. The van der Waals surface area contributed by atoms with E-state index in [0.717, 1.165) is 17.7 Å². The molecule has 0 bridgehead atoms. The lowest BCUT2D eigenvalue weighted by atomic mass is 9.98. The Hall–Kier alpha value is -1.84. The number of carbonyl (C=O) groups excluding carboxylic acids is 1. The highest BCUT2D eigenvalue weighted by Crippen LogP contribution is 2.36. The second-order valence-electron chi connectivity index (χ2n) is 5.04. The minimum Gasteiger partial charge on any atom is -0.377 e. The van der Waals surface area contributed by atoms with E-state index in [2.05, 4.69) is 0 Å². The third-order valence-electron chi connectivity index (χ3n) is 3.81. The van der Waals surface area contributed by atoms with Crippen molar-refractivity contribution in [3.05, 3.63) is 64.7 Å². The summed E-state index contributed by atoms with van der Waals surface area (Å²) in [6.45, 7) is 0.650. The maximum absolute atomic E-state index is 12.7. The fourth-order valence-electron chi connectivity index (χ4n) is 2.73. The molecule has 1 amide bonds. The van der Waals surface area contributed by atoms with Gasteiger partial charge in [-0.05, 0) is 36.8 Å². The van der Waals surface area contributed by atoms with Crippen molar-refractivity contribution in [1.29, 1.82) is 0 Å². The lowest BCUT2D eigenvalue weighted by molar-refractivity contribution is 0.0868. The highest BCUT2D eigenvalue weighted by atomic mass is 35.5. The largest absolute Gasteiger partial charge is 0.377 e. The lowest BCUT2D eigenvalue weighted by Gasteiger charge is -2.33. The number of rotatable bonds is 2. The van der Waals surface area contributed by atoms with Crippen molar-refractivity contribution in [2.75, 3.05) is 18.6 Å². The van der Waals surface area contributed by atoms with Crippen molar-refractivity contribution in [3.63, 3.8) is 0 Å². The van der Waals surface area contributed by atoms with Crippen LogP contribution in [0.1, 0.15) is 28.4 Å². The number of hydrogen-bond donors (Lipinski definition) is 0. The first-order chi connectivity index (χ1) is 10.2. The van der Waals surface area contributed by atoms with Gasteiger partial charge < -0.3 is 9.64 Å². The van der Waals surface area contributed by atoms with Crippen LogP contribution in [0.25, 0.3) is 0 Å². The number of nitrogens with zero attached hydrogens (tertiary/aromatic N) is 1.